The molecule has 0 aliphatic heterocycles. The number of carbonyl (C=O) groups excluding carboxylic acids is 1. The highest BCUT2D eigenvalue weighted by molar-refractivity contribution is 6.30. The van der Waals surface area contributed by atoms with Crippen LogP contribution in [0.4, 0.5) is 0 Å². The third-order valence-corrected chi connectivity index (χ3v) is 3.96. The van der Waals surface area contributed by atoms with E-state index >= 15 is 0 Å². The van der Waals surface area contributed by atoms with Gasteiger partial charge in [-0.25, -0.2) is 0 Å². The van der Waals surface area contributed by atoms with Crippen LogP contribution in [0, 0.1) is 0 Å². The van der Waals surface area contributed by atoms with Crippen molar-refractivity contribution in [2.45, 2.75) is 13.0 Å². The van der Waals surface area contributed by atoms with Crippen LogP contribution in [-0.2, 0) is 13.0 Å². The summed E-state index contributed by atoms with van der Waals surface area (Å²) in [5.74, 6) is 0. The van der Waals surface area contributed by atoms with E-state index in [0.29, 0.717) is 12.2 Å². The predicted octanol–water partition coefficient (Wildman–Crippen LogP) is 4.59. The van der Waals surface area contributed by atoms with Gasteiger partial charge in [-0.15, -0.1) is 0 Å². The van der Waals surface area contributed by atoms with Gasteiger partial charge in [0.2, 0.25) is 0 Å². The molecule has 1 aromatic heterocycles. The van der Waals surface area contributed by atoms with E-state index in [-0.39, 0.29) is 0 Å². The summed E-state index contributed by atoms with van der Waals surface area (Å²) in [6.45, 7) is 0.667. The average Bonchev–Trinajstić information content (AvgIpc) is 2.92. The van der Waals surface area contributed by atoms with Gasteiger partial charge >= 0.3 is 0 Å². The molecule has 0 spiro atoms. The Morgan fingerprint density at radius 1 is 0.864 bits per heavy atom. The number of benzene rings is 2. The Hall–Kier alpha value is -2.32. The summed E-state index contributed by atoms with van der Waals surface area (Å²) in [5.41, 5.74) is 4.18. The average molecular weight is 310 g/mol. The van der Waals surface area contributed by atoms with E-state index in [1.54, 1.807) is 0 Å². The quantitative estimate of drug-likeness (QED) is 0.632. The Balaban J connectivity index is 1.90. The van der Waals surface area contributed by atoms with Crippen LogP contribution in [0.25, 0.3) is 0 Å². The second-order valence-corrected chi connectivity index (χ2v) is 5.68. The SMILES string of the molecule is O=Cc1ccc(Cc2ccccc2)n1Cc1ccc(Cl)cc1. The molecule has 0 saturated heterocycles. The molecular formula is C19H16ClNO. The molecule has 3 aromatic rings. The molecule has 2 aromatic carbocycles. The monoisotopic (exact) mass is 309 g/mol. The Morgan fingerprint density at radius 3 is 2.27 bits per heavy atom. The standard InChI is InChI=1S/C19H16ClNO/c20-17-8-6-16(7-9-17)13-21-18(10-11-19(21)14-22)12-15-4-2-1-3-5-15/h1-11,14H,12-13H2. The minimum atomic E-state index is 0.667. The van der Waals surface area contributed by atoms with Crippen LogP contribution in [0.3, 0.4) is 0 Å². The molecule has 0 atom stereocenters. The van der Waals surface area contributed by atoms with E-state index in [2.05, 4.69) is 16.7 Å². The maximum Gasteiger partial charge on any atom is 0.166 e. The van der Waals surface area contributed by atoms with Gasteiger partial charge in [-0.2, -0.15) is 0 Å². The van der Waals surface area contributed by atoms with E-state index < -0.39 is 0 Å². The van der Waals surface area contributed by atoms with Crippen molar-refractivity contribution in [1.29, 1.82) is 0 Å². The van der Waals surface area contributed by atoms with Crippen molar-refractivity contribution in [2.24, 2.45) is 0 Å². The molecule has 0 aliphatic rings. The third-order valence-electron chi connectivity index (χ3n) is 3.71. The Bertz CT molecular complexity index is 760. The van der Waals surface area contributed by atoms with E-state index in [0.717, 1.165) is 29.0 Å². The lowest BCUT2D eigenvalue weighted by molar-refractivity contribution is 0.111. The van der Waals surface area contributed by atoms with Crippen LogP contribution in [0.1, 0.15) is 27.3 Å². The molecule has 0 radical (unpaired) electrons. The molecule has 22 heavy (non-hydrogen) atoms. The van der Waals surface area contributed by atoms with E-state index in [4.69, 9.17) is 11.6 Å². The van der Waals surface area contributed by atoms with Gasteiger partial charge in [0.1, 0.15) is 0 Å². The van der Waals surface area contributed by atoms with Crippen LogP contribution in [0.5, 0.6) is 0 Å². The van der Waals surface area contributed by atoms with Crippen LogP contribution < -0.4 is 0 Å². The predicted molar refractivity (Wildman–Crippen MR) is 89.6 cm³/mol. The van der Waals surface area contributed by atoms with Crippen molar-refractivity contribution in [3.63, 3.8) is 0 Å². The summed E-state index contributed by atoms with van der Waals surface area (Å²) < 4.78 is 2.06. The highest BCUT2D eigenvalue weighted by Gasteiger charge is 2.09. The Labute approximate surface area is 135 Å². The van der Waals surface area contributed by atoms with E-state index in [9.17, 15) is 4.79 Å². The molecule has 2 nitrogen and oxygen atoms in total. The second-order valence-electron chi connectivity index (χ2n) is 5.24. The topological polar surface area (TPSA) is 22.0 Å². The minimum Gasteiger partial charge on any atom is -0.338 e. The number of rotatable bonds is 5. The number of halogens is 1. The fourth-order valence-electron chi connectivity index (χ4n) is 2.55. The number of aldehydes is 1. The van der Waals surface area contributed by atoms with E-state index in [1.807, 2.05) is 54.6 Å². The molecule has 1 heterocycles. The molecule has 3 heteroatoms. The zero-order chi connectivity index (χ0) is 15.4. The van der Waals surface area contributed by atoms with Gasteiger partial charge in [-0.1, -0.05) is 54.1 Å². The number of nitrogens with zero attached hydrogens (tertiary/aromatic N) is 1. The zero-order valence-corrected chi connectivity index (χ0v) is 12.8. The maximum absolute atomic E-state index is 11.3. The second kappa shape index (κ2) is 6.63. The third kappa shape index (κ3) is 3.29. The molecule has 0 N–H and O–H groups in total. The summed E-state index contributed by atoms with van der Waals surface area (Å²) in [6.07, 6.45) is 1.71. The Morgan fingerprint density at radius 2 is 1.59 bits per heavy atom. The fraction of sp³-hybridized carbons (Fsp3) is 0.105. The summed E-state index contributed by atoms with van der Waals surface area (Å²) in [6, 6.07) is 21.9. The molecule has 0 unspecified atom stereocenters. The number of carbonyl (C=O) groups is 1. The molecule has 0 saturated carbocycles. The summed E-state index contributed by atoms with van der Waals surface area (Å²) in [4.78, 5) is 11.3. The highest BCUT2D eigenvalue weighted by Crippen LogP contribution is 2.17. The van der Waals surface area contributed by atoms with Crippen LogP contribution in [-0.4, -0.2) is 10.9 Å². The van der Waals surface area contributed by atoms with Gasteiger partial charge < -0.3 is 4.57 Å². The Kier molecular flexibility index (Phi) is 4.40. The molecule has 0 amide bonds. The van der Waals surface area contributed by atoms with Crippen molar-refractivity contribution >= 4 is 17.9 Å². The van der Waals surface area contributed by atoms with Crippen LogP contribution in [0.15, 0.2) is 66.7 Å². The van der Waals surface area contributed by atoms with Crippen molar-refractivity contribution in [3.05, 3.63) is 94.3 Å². The molecular weight excluding hydrogens is 294 g/mol. The summed E-state index contributed by atoms with van der Waals surface area (Å²) in [7, 11) is 0. The first-order valence-electron chi connectivity index (χ1n) is 7.18. The largest absolute Gasteiger partial charge is 0.338 e. The van der Waals surface area contributed by atoms with E-state index in [1.165, 1.54) is 5.56 Å². The van der Waals surface area contributed by atoms with Crippen molar-refractivity contribution in [2.75, 3.05) is 0 Å². The maximum atomic E-state index is 11.3. The lowest BCUT2D eigenvalue weighted by atomic mass is 10.1. The first kappa shape index (κ1) is 14.6. The van der Waals surface area contributed by atoms with Crippen LogP contribution in [0.2, 0.25) is 5.02 Å². The van der Waals surface area contributed by atoms with Crippen molar-refractivity contribution in [1.82, 2.24) is 4.57 Å². The number of hydrogen-bond acceptors (Lipinski definition) is 1. The van der Waals surface area contributed by atoms with Gasteiger partial charge in [-0.3, -0.25) is 4.79 Å². The lowest BCUT2D eigenvalue weighted by Gasteiger charge is -2.12. The van der Waals surface area contributed by atoms with Gasteiger partial charge in [0.05, 0.1) is 5.69 Å². The lowest BCUT2D eigenvalue weighted by Crippen LogP contribution is -2.08. The van der Waals surface area contributed by atoms with Crippen molar-refractivity contribution < 1.29 is 4.79 Å². The fourth-order valence-corrected chi connectivity index (χ4v) is 2.68. The summed E-state index contributed by atoms with van der Waals surface area (Å²) in [5, 5.41) is 0.719. The zero-order valence-electron chi connectivity index (χ0n) is 12.1. The normalized spacial score (nSPS) is 10.6. The number of hydrogen-bond donors (Lipinski definition) is 0. The minimum absolute atomic E-state index is 0.667. The number of aromatic nitrogens is 1. The summed E-state index contributed by atoms with van der Waals surface area (Å²) >= 11 is 5.93. The van der Waals surface area contributed by atoms with Crippen molar-refractivity contribution in [3.8, 4) is 0 Å². The first-order valence-corrected chi connectivity index (χ1v) is 7.56. The van der Waals surface area contributed by atoms with Gasteiger partial charge in [0.25, 0.3) is 0 Å². The molecule has 0 fully saturated rings. The smallest absolute Gasteiger partial charge is 0.166 e. The van der Waals surface area contributed by atoms with Gasteiger partial charge in [0, 0.05) is 23.7 Å². The molecule has 0 aliphatic carbocycles. The molecule has 0 bridgehead atoms. The van der Waals surface area contributed by atoms with Gasteiger partial charge in [0.15, 0.2) is 6.29 Å². The molecule has 3 rings (SSSR count). The van der Waals surface area contributed by atoms with Gasteiger partial charge in [-0.05, 0) is 35.4 Å². The highest BCUT2D eigenvalue weighted by atomic mass is 35.5. The van der Waals surface area contributed by atoms with Crippen LogP contribution >= 0.6 is 11.6 Å². The molecule has 110 valence electrons. The first-order chi connectivity index (χ1) is 10.8.